The molecule has 4 aromatic rings. The van der Waals surface area contributed by atoms with Crippen LogP contribution in [0.15, 0.2) is 84.9 Å². The third kappa shape index (κ3) is 3.65. The maximum atomic E-state index is 12.7. The van der Waals surface area contributed by atoms with E-state index in [1.54, 1.807) is 11.3 Å². The second kappa shape index (κ2) is 7.50. The summed E-state index contributed by atoms with van der Waals surface area (Å²) in [6.07, 6.45) is 0.708. The van der Waals surface area contributed by atoms with Crippen molar-refractivity contribution in [3.05, 3.63) is 101 Å². The van der Waals surface area contributed by atoms with E-state index in [4.69, 9.17) is 4.98 Å². The van der Waals surface area contributed by atoms with E-state index in [1.165, 1.54) is 5.56 Å². The highest BCUT2D eigenvalue weighted by Gasteiger charge is 2.20. The number of carbonyl (C=O) groups excluding carboxylic acids is 1. The lowest BCUT2D eigenvalue weighted by Gasteiger charge is -2.17. The Labute approximate surface area is 156 Å². The zero-order valence-corrected chi connectivity index (χ0v) is 14.9. The van der Waals surface area contributed by atoms with E-state index in [9.17, 15) is 4.79 Å². The lowest BCUT2D eigenvalue weighted by atomic mass is 10.1. The van der Waals surface area contributed by atoms with Gasteiger partial charge in [-0.1, -0.05) is 60.7 Å². The summed E-state index contributed by atoms with van der Waals surface area (Å²) in [5.74, 6) is -0.0780. The van der Waals surface area contributed by atoms with E-state index < -0.39 is 0 Å². The Morgan fingerprint density at radius 3 is 2.27 bits per heavy atom. The molecule has 0 bridgehead atoms. The molecule has 0 saturated carbocycles. The highest BCUT2D eigenvalue weighted by molar-refractivity contribution is 7.18. The van der Waals surface area contributed by atoms with Crippen LogP contribution in [0, 0.1) is 0 Å². The maximum Gasteiger partial charge on any atom is 0.251 e. The Balaban J connectivity index is 1.65. The van der Waals surface area contributed by atoms with Gasteiger partial charge in [0, 0.05) is 5.56 Å². The fraction of sp³-hybridized carbons (Fsp3) is 0.0909. The molecule has 0 aliphatic carbocycles. The second-order valence-electron chi connectivity index (χ2n) is 6.10. The molecule has 0 saturated heterocycles. The monoisotopic (exact) mass is 358 g/mol. The molecular weight excluding hydrogens is 340 g/mol. The van der Waals surface area contributed by atoms with Gasteiger partial charge in [0.25, 0.3) is 5.91 Å². The molecule has 0 spiro atoms. The van der Waals surface area contributed by atoms with Gasteiger partial charge in [-0.3, -0.25) is 4.79 Å². The first-order valence-corrected chi connectivity index (χ1v) is 9.36. The quantitative estimate of drug-likeness (QED) is 0.545. The average molecular weight is 358 g/mol. The van der Waals surface area contributed by atoms with Gasteiger partial charge < -0.3 is 5.32 Å². The fourth-order valence-corrected chi connectivity index (χ4v) is 3.94. The standard InChI is InChI=1S/C22H18N2OS/c25-21(17-11-5-2-6-12-17)23-19(15-16-9-3-1-4-10-16)22-24-18-13-7-8-14-20(18)26-22/h1-14,19H,15H2,(H,23,25). The van der Waals surface area contributed by atoms with Gasteiger partial charge in [0.2, 0.25) is 0 Å². The molecule has 4 heteroatoms. The zero-order chi connectivity index (χ0) is 17.8. The molecule has 1 unspecified atom stereocenters. The van der Waals surface area contributed by atoms with Crippen LogP contribution in [0.5, 0.6) is 0 Å². The highest BCUT2D eigenvalue weighted by atomic mass is 32.1. The second-order valence-corrected chi connectivity index (χ2v) is 7.16. The van der Waals surface area contributed by atoms with Crippen LogP contribution in [0.1, 0.15) is 27.0 Å². The number of hydrogen-bond donors (Lipinski definition) is 1. The van der Waals surface area contributed by atoms with Crippen LogP contribution in [0.25, 0.3) is 10.2 Å². The lowest BCUT2D eigenvalue weighted by molar-refractivity contribution is 0.0936. The van der Waals surface area contributed by atoms with Gasteiger partial charge in [-0.25, -0.2) is 4.98 Å². The Morgan fingerprint density at radius 2 is 1.54 bits per heavy atom. The Morgan fingerprint density at radius 1 is 0.885 bits per heavy atom. The molecule has 26 heavy (non-hydrogen) atoms. The van der Waals surface area contributed by atoms with Crippen LogP contribution in [-0.2, 0) is 6.42 Å². The summed E-state index contributed by atoms with van der Waals surface area (Å²) in [5.41, 5.74) is 2.80. The number of thiazole rings is 1. The summed E-state index contributed by atoms with van der Waals surface area (Å²) in [5, 5.41) is 4.10. The van der Waals surface area contributed by atoms with E-state index in [1.807, 2.05) is 66.7 Å². The third-order valence-corrected chi connectivity index (χ3v) is 5.38. The molecule has 1 N–H and O–H groups in total. The van der Waals surface area contributed by atoms with E-state index in [0.717, 1.165) is 15.2 Å². The van der Waals surface area contributed by atoms with Crippen LogP contribution in [0.3, 0.4) is 0 Å². The molecule has 128 valence electrons. The van der Waals surface area contributed by atoms with Crippen molar-refractivity contribution in [3.8, 4) is 0 Å². The normalized spacial score (nSPS) is 12.0. The van der Waals surface area contributed by atoms with Crippen LogP contribution in [0.4, 0.5) is 0 Å². The van der Waals surface area contributed by atoms with Gasteiger partial charge in [0.15, 0.2) is 0 Å². The minimum Gasteiger partial charge on any atom is -0.342 e. The molecule has 0 fully saturated rings. The number of benzene rings is 3. The van der Waals surface area contributed by atoms with Gasteiger partial charge in [-0.05, 0) is 36.2 Å². The minimum atomic E-state index is -0.164. The van der Waals surface area contributed by atoms with Gasteiger partial charge in [-0.15, -0.1) is 11.3 Å². The van der Waals surface area contributed by atoms with Crippen molar-refractivity contribution < 1.29 is 4.79 Å². The van der Waals surface area contributed by atoms with Gasteiger partial charge in [0.1, 0.15) is 5.01 Å². The van der Waals surface area contributed by atoms with Crippen LogP contribution in [0.2, 0.25) is 0 Å². The number of para-hydroxylation sites is 1. The molecule has 1 heterocycles. The highest BCUT2D eigenvalue weighted by Crippen LogP contribution is 2.28. The molecule has 1 atom stereocenters. The number of hydrogen-bond acceptors (Lipinski definition) is 3. The van der Waals surface area contributed by atoms with Gasteiger partial charge >= 0.3 is 0 Å². The molecule has 0 aliphatic heterocycles. The molecule has 1 amide bonds. The predicted molar refractivity (Wildman–Crippen MR) is 106 cm³/mol. The Hall–Kier alpha value is -2.98. The summed E-state index contributed by atoms with van der Waals surface area (Å²) >= 11 is 1.64. The summed E-state index contributed by atoms with van der Waals surface area (Å²) < 4.78 is 1.13. The van der Waals surface area contributed by atoms with Crippen molar-refractivity contribution in [2.45, 2.75) is 12.5 Å². The van der Waals surface area contributed by atoms with Crippen molar-refractivity contribution >= 4 is 27.5 Å². The first-order chi connectivity index (χ1) is 12.8. The smallest absolute Gasteiger partial charge is 0.251 e. The number of aromatic nitrogens is 1. The van der Waals surface area contributed by atoms with Crippen LogP contribution < -0.4 is 5.32 Å². The van der Waals surface area contributed by atoms with Crippen LogP contribution in [-0.4, -0.2) is 10.9 Å². The van der Waals surface area contributed by atoms with E-state index in [0.29, 0.717) is 12.0 Å². The fourth-order valence-electron chi connectivity index (χ4n) is 2.92. The third-order valence-electron chi connectivity index (χ3n) is 4.23. The Bertz CT molecular complexity index is 979. The SMILES string of the molecule is O=C(NC(Cc1ccccc1)c1nc2ccccc2s1)c1ccccc1. The molecular formula is C22H18N2OS. The van der Waals surface area contributed by atoms with Crippen molar-refractivity contribution in [1.82, 2.24) is 10.3 Å². The number of nitrogens with one attached hydrogen (secondary N) is 1. The topological polar surface area (TPSA) is 42.0 Å². The lowest BCUT2D eigenvalue weighted by Crippen LogP contribution is -2.29. The molecule has 4 rings (SSSR count). The largest absolute Gasteiger partial charge is 0.342 e. The number of fused-ring (bicyclic) bond motifs is 1. The predicted octanol–water partition coefficient (Wildman–Crippen LogP) is 5.01. The van der Waals surface area contributed by atoms with E-state index in [-0.39, 0.29) is 11.9 Å². The summed E-state index contributed by atoms with van der Waals surface area (Å²) in [6, 6.07) is 27.4. The summed E-state index contributed by atoms with van der Waals surface area (Å²) in [4.78, 5) is 17.5. The maximum absolute atomic E-state index is 12.7. The first-order valence-electron chi connectivity index (χ1n) is 8.55. The molecule has 1 aromatic heterocycles. The molecule has 3 nitrogen and oxygen atoms in total. The number of amides is 1. The van der Waals surface area contributed by atoms with Crippen molar-refractivity contribution in [1.29, 1.82) is 0 Å². The number of carbonyl (C=O) groups is 1. The van der Waals surface area contributed by atoms with Gasteiger partial charge in [-0.2, -0.15) is 0 Å². The van der Waals surface area contributed by atoms with Crippen molar-refractivity contribution in [2.75, 3.05) is 0 Å². The number of nitrogens with zero attached hydrogens (tertiary/aromatic N) is 1. The first kappa shape index (κ1) is 16.5. The van der Waals surface area contributed by atoms with Crippen LogP contribution >= 0.6 is 11.3 Å². The number of rotatable bonds is 5. The zero-order valence-electron chi connectivity index (χ0n) is 14.1. The van der Waals surface area contributed by atoms with Crippen molar-refractivity contribution in [3.63, 3.8) is 0 Å². The molecule has 3 aromatic carbocycles. The molecule has 0 radical (unpaired) electrons. The van der Waals surface area contributed by atoms with Crippen molar-refractivity contribution in [2.24, 2.45) is 0 Å². The van der Waals surface area contributed by atoms with E-state index in [2.05, 4.69) is 23.5 Å². The van der Waals surface area contributed by atoms with Gasteiger partial charge in [0.05, 0.1) is 16.3 Å². The summed E-state index contributed by atoms with van der Waals surface area (Å²) in [7, 11) is 0. The van der Waals surface area contributed by atoms with E-state index >= 15 is 0 Å². The minimum absolute atomic E-state index is 0.0780. The summed E-state index contributed by atoms with van der Waals surface area (Å²) in [6.45, 7) is 0. The Kier molecular flexibility index (Phi) is 4.75. The molecule has 0 aliphatic rings. The average Bonchev–Trinajstić information content (AvgIpc) is 3.13.